The number of rotatable bonds is 1. The van der Waals surface area contributed by atoms with E-state index in [-0.39, 0.29) is 9.76 Å². The quantitative estimate of drug-likeness (QED) is 0.423. The smallest absolute Gasteiger partial charge is 0.256 e. The van der Waals surface area contributed by atoms with Gasteiger partial charge in [0.25, 0.3) is 9.76 Å². The summed E-state index contributed by atoms with van der Waals surface area (Å²) in [5, 5.41) is 0. The fraction of sp³-hybridized carbons (Fsp3) is 0. The molecule has 2 heteroatoms. The largest absolute Gasteiger partial charge is 0.428 e. The van der Waals surface area contributed by atoms with Gasteiger partial charge in [0.15, 0.2) is 0 Å². The van der Waals surface area contributed by atoms with E-state index in [1.165, 1.54) is 5.70 Å². The van der Waals surface area contributed by atoms with Gasteiger partial charge in [-0.3, -0.25) is 0 Å². The molecule has 0 heterocycles. The van der Waals surface area contributed by atoms with E-state index in [9.17, 15) is 0 Å². The Kier molecular flexibility index (Phi) is 2.86. The van der Waals surface area contributed by atoms with Crippen LogP contribution in [0.2, 0.25) is 0 Å². The molecule has 0 amide bonds. The van der Waals surface area contributed by atoms with Crippen LogP contribution in [-0.4, -0.2) is 14.6 Å². The monoisotopic (exact) mass is 72.0 g/mol. The van der Waals surface area contributed by atoms with E-state index in [1.54, 1.807) is 0 Å². The normalized spacial score (nSPS) is 6.25. The summed E-state index contributed by atoms with van der Waals surface area (Å²) < 4.78 is 0. The molecule has 0 spiro atoms. The van der Waals surface area contributed by atoms with Crippen LogP contribution in [-0.2, 0) is 0 Å². The van der Waals surface area contributed by atoms with E-state index in [0.717, 1.165) is 0 Å². The first-order valence-electron chi connectivity index (χ1n) is 0.921. The average molecular weight is 72.1 g/mol. The molecule has 0 rings (SSSR count). The summed E-state index contributed by atoms with van der Waals surface area (Å²) in [6, 6.07) is 0. The Bertz CT molecular complexity index is 20.0. The molecule has 0 saturated carbocycles. The molecule has 0 aromatic heterocycles. The molecule has 0 aromatic carbocycles. The molecule has 0 aliphatic carbocycles. The molecule has 1 nitrogen and oxygen atoms in total. The molecule has 0 bridgehead atoms. The maximum atomic E-state index is 7.78. The van der Waals surface area contributed by atoms with Crippen LogP contribution in [0.5, 0.6) is 0 Å². The van der Waals surface area contributed by atoms with Crippen LogP contribution in [0, 0.1) is 0 Å². The van der Waals surface area contributed by atoms with Gasteiger partial charge in [0.05, 0.1) is 0 Å². The summed E-state index contributed by atoms with van der Waals surface area (Å²) in [7, 11) is -0.0957. The van der Waals surface area contributed by atoms with Crippen molar-refractivity contribution in [3.05, 3.63) is 12.3 Å². The molecule has 2 radical (unpaired) electrons. The molecule has 0 atom stereocenters. The first kappa shape index (κ1) is 3.92. The molecular weight excluding hydrogens is 68.1 g/mol. The first-order chi connectivity index (χ1) is 1.91. The molecule has 0 saturated heterocycles. The zero-order chi connectivity index (χ0) is 3.41. The standard InChI is InChI=1S/C2H4OSi/c1-2-4-3/h2-3H,1H2. The number of hydrogen-bond donors (Lipinski definition) is 1. The topological polar surface area (TPSA) is 20.2 Å². The Morgan fingerprint density at radius 2 is 2.25 bits per heavy atom. The van der Waals surface area contributed by atoms with Gasteiger partial charge in [0.2, 0.25) is 0 Å². The highest BCUT2D eigenvalue weighted by molar-refractivity contribution is 6.32. The second-order valence-electron chi connectivity index (χ2n) is 0.333. The lowest BCUT2D eigenvalue weighted by Gasteiger charge is -1.54. The van der Waals surface area contributed by atoms with Crippen LogP contribution in [0.15, 0.2) is 12.3 Å². The molecule has 4 heavy (non-hydrogen) atoms. The molecule has 22 valence electrons. The Balaban J connectivity index is 2.30. The third-order valence-electron chi connectivity index (χ3n) is 0.0913. The van der Waals surface area contributed by atoms with Crippen molar-refractivity contribution in [2.75, 3.05) is 0 Å². The molecule has 0 aromatic rings. The lowest BCUT2D eigenvalue weighted by atomic mass is 11.3. The van der Waals surface area contributed by atoms with Gasteiger partial charge in [0.1, 0.15) is 0 Å². The van der Waals surface area contributed by atoms with Gasteiger partial charge >= 0.3 is 0 Å². The van der Waals surface area contributed by atoms with Crippen molar-refractivity contribution >= 4 is 9.76 Å². The Labute approximate surface area is 27.9 Å². The van der Waals surface area contributed by atoms with Crippen LogP contribution >= 0.6 is 0 Å². The molecule has 0 fully saturated rings. The fourth-order valence-corrected chi connectivity index (χ4v) is 0. The summed E-state index contributed by atoms with van der Waals surface area (Å²) in [5.74, 6) is 0. The summed E-state index contributed by atoms with van der Waals surface area (Å²) >= 11 is 0. The van der Waals surface area contributed by atoms with Gasteiger partial charge in [-0.2, -0.15) is 0 Å². The van der Waals surface area contributed by atoms with E-state index >= 15 is 0 Å². The highest BCUT2D eigenvalue weighted by atomic mass is 28.2. The van der Waals surface area contributed by atoms with Gasteiger partial charge in [-0.05, 0) is 0 Å². The maximum absolute atomic E-state index is 7.78. The van der Waals surface area contributed by atoms with E-state index in [1.807, 2.05) is 0 Å². The lowest BCUT2D eigenvalue weighted by Crippen LogP contribution is -1.71. The van der Waals surface area contributed by atoms with Crippen molar-refractivity contribution in [2.24, 2.45) is 0 Å². The number of hydrogen-bond acceptors (Lipinski definition) is 1. The van der Waals surface area contributed by atoms with Gasteiger partial charge in [0, 0.05) is 0 Å². The van der Waals surface area contributed by atoms with Gasteiger partial charge < -0.3 is 4.80 Å². The molecular formula is C2H4OSi. The molecule has 0 unspecified atom stereocenters. The Hall–Kier alpha value is -0.0831. The second kappa shape index (κ2) is 2.92. The van der Waals surface area contributed by atoms with Crippen molar-refractivity contribution in [1.29, 1.82) is 0 Å². The van der Waals surface area contributed by atoms with Crippen molar-refractivity contribution in [3.8, 4) is 0 Å². The SMILES string of the molecule is C=C[Si]O. The highest BCUT2D eigenvalue weighted by Crippen LogP contribution is 1.40. The first-order valence-corrected chi connectivity index (χ1v) is 1.95. The predicted molar refractivity (Wildman–Crippen MR) is 18.2 cm³/mol. The van der Waals surface area contributed by atoms with E-state index in [0.29, 0.717) is 0 Å². The third kappa shape index (κ3) is 1.92. The molecule has 1 N–H and O–H groups in total. The van der Waals surface area contributed by atoms with Crippen molar-refractivity contribution < 1.29 is 4.80 Å². The maximum Gasteiger partial charge on any atom is 0.256 e. The van der Waals surface area contributed by atoms with Crippen LogP contribution in [0.25, 0.3) is 0 Å². The summed E-state index contributed by atoms with van der Waals surface area (Å²) in [5.41, 5.74) is 1.46. The van der Waals surface area contributed by atoms with Crippen LogP contribution < -0.4 is 0 Å². The van der Waals surface area contributed by atoms with Crippen LogP contribution in [0.4, 0.5) is 0 Å². The van der Waals surface area contributed by atoms with Gasteiger partial charge in [-0.25, -0.2) is 0 Å². The molecule has 0 aliphatic heterocycles. The fourth-order valence-electron chi connectivity index (χ4n) is 0. The van der Waals surface area contributed by atoms with Crippen molar-refractivity contribution in [2.45, 2.75) is 0 Å². The van der Waals surface area contributed by atoms with Crippen LogP contribution in [0.1, 0.15) is 0 Å². The Morgan fingerprint density at radius 3 is 2.25 bits per heavy atom. The minimum absolute atomic E-state index is 0.0957. The summed E-state index contributed by atoms with van der Waals surface area (Å²) in [6.07, 6.45) is 0. The van der Waals surface area contributed by atoms with E-state index in [4.69, 9.17) is 4.80 Å². The van der Waals surface area contributed by atoms with Gasteiger partial charge in [-0.15, -0.1) is 6.58 Å². The van der Waals surface area contributed by atoms with E-state index in [2.05, 4.69) is 6.58 Å². The zero-order valence-electron chi connectivity index (χ0n) is 2.23. The van der Waals surface area contributed by atoms with E-state index < -0.39 is 0 Å². The second-order valence-corrected chi connectivity index (χ2v) is 1.000. The van der Waals surface area contributed by atoms with Crippen molar-refractivity contribution in [1.82, 2.24) is 0 Å². The Morgan fingerprint density at radius 1 is 2.00 bits per heavy atom. The third-order valence-corrected chi connectivity index (χ3v) is 0.274. The summed E-state index contributed by atoms with van der Waals surface area (Å²) in [6.45, 7) is 3.24. The zero-order valence-corrected chi connectivity index (χ0v) is 3.23. The minimum atomic E-state index is -0.0957. The average Bonchev–Trinajstić information content (AvgIpc) is 1.37. The summed E-state index contributed by atoms with van der Waals surface area (Å²) in [4.78, 5) is 7.78. The minimum Gasteiger partial charge on any atom is -0.428 e. The lowest BCUT2D eigenvalue weighted by molar-refractivity contribution is 0.614. The van der Waals surface area contributed by atoms with Crippen LogP contribution in [0.3, 0.4) is 0 Å². The highest BCUT2D eigenvalue weighted by Gasteiger charge is 1.53. The molecule has 0 aliphatic rings. The predicted octanol–water partition coefficient (Wildman–Crippen LogP) is -0.259. The van der Waals surface area contributed by atoms with Gasteiger partial charge in [-0.1, -0.05) is 5.70 Å². The van der Waals surface area contributed by atoms with Crippen molar-refractivity contribution in [3.63, 3.8) is 0 Å².